The number of carbonyl (C=O) groups excluding carboxylic acids is 1. The average Bonchev–Trinajstić information content (AvgIpc) is 3.19. The maximum Gasteiger partial charge on any atom is 0.298 e. The summed E-state index contributed by atoms with van der Waals surface area (Å²) in [4.78, 5) is 14.6. The van der Waals surface area contributed by atoms with E-state index in [1.807, 2.05) is 42.5 Å². The lowest BCUT2D eigenvalue weighted by Gasteiger charge is -2.33. The van der Waals surface area contributed by atoms with Gasteiger partial charge in [-0.25, -0.2) is 5.01 Å². The molecule has 4 rings (SSSR count). The van der Waals surface area contributed by atoms with Crippen LogP contribution in [-0.4, -0.2) is 55.6 Å². The van der Waals surface area contributed by atoms with Gasteiger partial charge < -0.3 is 14.4 Å². The molecule has 0 unspecified atom stereocenters. The van der Waals surface area contributed by atoms with Crippen LogP contribution in [-0.2, 0) is 9.53 Å². The van der Waals surface area contributed by atoms with E-state index in [0.717, 1.165) is 35.7 Å². The number of hydrogen-bond acceptors (Lipinski definition) is 4. The van der Waals surface area contributed by atoms with Gasteiger partial charge in [-0.2, -0.15) is 5.10 Å². The van der Waals surface area contributed by atoms with E-state index in [4.69, 9.17) is 14.6 Å². The van der Waals surface area contributed by atoms with Gasteiger partial charge in [0.15, 0.2) is 6.54 Å². The number of nitrogens with zero attached hydrogens (tertiary/aromatic N) is 2. The van der Waals surface area contributed by atoms with Crippen molar-refractivity contribution in [1.29, 1.82) is 0 Å². The van der Waals surface area contributed by atoms with Gasteiger partial charge in [-0.1, -0.05) is 42.5 Å². The zero-order valence-electron chi connectivity index (χ0n) is 17.9. The van der Waals surface area contributed by atoms with Crippen LogP contribution in [0.25, 0.3) is 0 Å². The van der Waals surface area contributed by atoms with E-state index in [-0.39, 0.29) is 24.2 Å². The monoisotopic (exact) mass is 408 g/mol. The third-order valence-electron chi connectivity index (χ3n) is 5.79. The molecule has 0 radical (unpaired) electrons. The average molecular weight is 409 g/mol. The van der Waals surface area contributed by atoms with Crippen LogP contribution in [0, 0.1) is 0 Å². The number of carbonyl (C=O) groups is 1. The van der Waals surface area contributed by atoms with Crippen molar-refractivity contribution in [3.05, 3.63) is 65.7 Å². The number of morpholine rings is 1. The van der Waals surface area contributed by atoms with Crippen molar-refractivity contribution >= 4 is 11.6 Å². The molecule has 6 heteroatoms. The second kappa shape index (κ2) is 8.98. The fraction of sp³-hybridized carbons (Fsp3) is 0.417. The van der Waals surface area contributed by atoms with E-state index < -0.39 is 0 Å². The summed E-state index contributed by atoms with van der Waals surface area (Å²) in [6.07, 6.45) is 1.03. The Morgan fingerprint density at radius 1 is 1.10 bits per heavy atom. The topological polar surface area (TPSA) is 55.6 Å². The van der Waals surface area contributed by atoms with E-state index in [0.29, 0.717) is 13.0 Å². The molecule has 158 valence electrons. The number of amides is 1. The van der Waals surface area contributed by atoms with Gasteiger partial charge in [-0.15, -0.1) is 0 Å². The third kappa shape index (κ3) is 4.55. The van der Waals surface area contributed by atoms with Gasteiger partial charge in [0.2, 0.25) is 0 Å². The molecule has 1 fully saturated rings. The smallest absolute Gasteiger partial charge is 0.298 e. The van der Waals surface area contributed by atoms with Crippen LogP contribution in [0.1, 0.15) is 37.4 Å². The maximum absolute atomic E-state index is 13.3. The SMILES string of the molecule is COc1ccc([C@@H]2CC(c3ccccc3)=NN2C(=O)C[NH+]2C[C@@H](C)O[C@H](C)C2)cc1. The van der Waals surface area contributed by atoms with E-state index in [1.165, 1.54) is 4.90 Å². The Hall–Kier alpha value is -2.70. The highest BCUT2D eigenvalue weighted by Crippen LogP contribution is 2.33. The molecule has 1 saturated heterocycles. The van der Waals surface area contributed by atoms with Crippen molar-refractivity contribution in [3.63, 3.8) is 0 Å². The highest BCUT2D eigenvalue weighted by Gasteiger charge is 2.36. The van der Waals surface area contributed by atoms with Crippen LogP contribution >= 0.6 is 0 Å². The van der Waals surface area contributed by atoms with Crippen LogP contribution in [0.4, 0.5) is 0 Å². The summed E-state index contributed by atoms with van der Waals surface area (Å²) in [6.45, 7) is 6.25. The van der Waals surface area contributed by atoms with Crippen LogP contribution in [0.3, 0.4) is 0 Å². The lowest BCUT2D eigenvalue weighted by atomic mass is 9.98. The van der Waals surface area contributed by atoms with Gasteiger partial charge in [-0.05, 0) is 37.1 Å². The summed E-state index contributed by atoms with van der Waals surface area (Å²) < 4.78 is 11.1. The molecule has 0 spiro atoms. The predicted molar refractivity (Wildman–Crippen MR) is 116 cm³/mol. The fourth-order valence-corrected chi connectivity index (χ4v) is 4.46. The fourth-order valence-electron chi connectivity index (χ4n) is 4.46. The molecular formula is C24H30N3O3+. The molecule has 0 saturated carbocycles. The molecule has 0 bridgehead atoms. The normalized spacial score (nSPS) is 26.4. The third-order valence-corrected chi connectivity index (χ3v) is 5.79. The van der Waals surface area contributed by atoms with E-state index >= 15 is 0 Å². The number of ether oxygens (including phenoxy) is 2. The molecule has 0 aliphatic carbocycles. The van der Waals surface area contributed by atoms with Crippen molar-refractivity contribution in [2.45, 2.75) is 38.5 Å². The first kappa shape index (κ1) is 20.6. The molecule has 2 aromatic carbocycles. The number of hydrazone groups is 1. The molecule has 6 nitrogen and oxygen atoms in total. The number of benzene rings is 2. The van der Waals surface area contributed by atoms with Gasteiger partial charge in [0.05, 0.1) is 18.9 Å². The number of quaternary nitrogens is 1. The number of hydrogen-bond donors (Lipinski definition) is 1. The standard InChI is InChI=1S/C24H29N3O3/c1-17-14-26(15-18(2)30-17)16-24(28)27-23(20-9-11-21(29-3)12-10-20)13-22(25-27)19-7-5-4-6-8-19/h4-12,17-18,23H,13-16H2,1-3H3/p+1/t17-,18-,23+/m1/s1. The van der Waals surface area contributed by atoms with Gasteiger partial charge in [0, 0.05) is 6.42 Å². The molecule has 2 aliphatic rings. The maximum atomic E-state index is 13.3. The quantitative estimate of drug-likeness (QED) is 0.824. The molecule has 2 aliphatic heterocycles. The molecule has 0 aromatic heterocycles. The minimum Gasteiger partial charge on any atom is -0.497 e. The molecule has 1 amide bonds. The van der Waals surface area contributed by atoms with Crippen LogP contribution in [0.2, 0.25) is 0 Å². The minimum absolute atomic E-state index is 0.0537. The van der Waals surface area contributed by atoms with Crippen LogP contribution in [0.5, 0.6) is 5.75 Å². The van der Waals surface area contributed by atoms with Gasteiger partial charge in [0.1, 0.15) is 31.0 Å². The van der Waals surface area contributed by atoms with Crippen LogP contribution < -0.4 is 9.64 Å². The highest BCUT2D eigenvalue weighted by atomic mass is 16.5. The second-order valence-corrected chi connectivity index (χ2v) is 8.24. The molecule has 2 heterocycles. The number of methoxy groups -OCH3 is 1. The molecule has 2 aromatic rings. The first-order chi connectivity index (χ1) is 14.5. The van der Waals surface area contributed by atoms with Gasteiger partial charge in [-0.3, -0.25) is 4.79 Å². The van der Waals surface area contributed by atoms with Crippen molar-refractivity contribution in [2.24, 2.45) is 5.10 Å². The van der Waals surface area contributed by atoms with Crippen molar-refractivity contribution < 1.29 is 19.2 Å². The first-order valence-electron chi connectivity index (χ1n) is 10.6. The Morgan fingerprint density at radius 3 is 2.40 bits per heavy atom. The van der Waals surface area contributed by atoms with E-state index in [9.17, 15) is 4.79 Å². The Morgan fingerprint density at radius 2 is 1.77 bits per heavy atom. The molecule has 3 atom stereocenters. The Balaban J connectivity index is 1.57. The first-order valence-corrected chi connectivity index (χ1v) is 10.6. The molecular weight excluding hydrogens is 378 g/mol. The molecule has 30 heavy (non-hydrogen) atoms. The lowest BCUT2D eigenvalue weighted by molar-refractivity contribution is -0.907. The summed E-state index contributed by atoms with van der Waals surface area (Å²) in [7, 11) is 1.66. The lowest BCUT2D eigenvalue weighted by Crippen LogP contribution is -3.16. The second-order valence-electron chi connectivity index (χ2n) is 8.24. The van der Waals surface area contributed by atoms with Gasteiger partial charge in [0.25, 0.3) is 5.91 Å². The summed E-state index contributed by atoms with van der Waals surface area (Å²) in [5.41, 5.74) is 3.08. The highest BCUT2D eigenvalue weighted by molar-refractivity contribution is 6.03. The summed E-state index contributed by atoms with van der Waals surface area (Å²) in [6, 6.07) is 17.9. The van der Waals surface area contributed by atoms with E-state index in [1.54, 1.807) is 12.1 Å². The Labute approximate surface area is 178 Å². The number of rotatable bonds is 5. The van der Waals surface area contributed by atoms with Crippen LogP contribution in [0.15, 0.2) is 59.7 Å². The van der Waals surface area contributed by atoms with Gasteiger partial charge >= 0.3 is 0 Å². The largest absolute Gasteiger partial charge is 0.497 e. The van der Waals surface area contributed by atoms with Crippen molar-refractivity contribution in [1.82, 2.24) is 5.01 Å². The van der Waals surface area contributed by atoms with Crippen molar-refractivity contribution in [3.8, 4) is 5.75 Å². The predicted octanol–water partition coefficient (Wildman–Crippen LogP) is 2.06. The summed E-state index contributed by atoms with van der Waals surface area (Å²) in [5, 5.41) is 6.48. The Kier molecular flexibility index (Phi) is 6.16. The Bertz CT molecular complexity index is 888. The minimum atomic E-state index is -0.103. The van der Waals surface area contributed by atoms with Crippen molar-refractivity contribution in [2.75, 3.05) is 26.7 Å². The zero-order chi connectivity index (χ0) is 21.1. The summed E-state index contributed by atoms with van der Waals surface area (Å²) in [5.74, 6) is 0.859. The number of nitrogens with one attached hydrogen (secondary N) is 1. The molecule has 1 N–H and O–H groups in total. The van der Waals surface area contributed by atoms with E-state index in [2.05, 4.69) is 26.0 Å². The zero-order valence-corrected chi connectivity index (χ0v) is 17.9. The summed E-state index contributed by atoms with van der Waals surface area (Å²) >= 11 is 0.